The molecule has 1 heterocycles. The largest absolute Gasteiger partial charge is 0.328 e. The maximum atomic E-state index is 5.89. The van der Waals surface area contributed by atoms with E-state index in [2.05, 4.69) is 49.3 Å². The number of hydrogen-bond donors (Lipinski definition) is 1. The monoisotopic (exact) mass is 229 g/mol. The second-order valence-corrected chi connectivity index (χ2v) is 4.53. The molecule has 2 rings (SSSR count). The minimum atomic E-state index is 0.129. The number of hydrogen-bond acceptors (Lipinski definition) is 2. The molecular weight excluding hydrogens is 210 g/mol. The van der Waals surface area contributed by atoms with Crippen molar-refractivity contribution in [3.8, 4) is 0 Å². The van der Waals surface area contributed by atoms with Crippen LogP contribution in [0.1, 0.15) is 28.6 Å². The van der Waals surface area contributed by atoms with Gasteiger partial charge in [0.2, 0.25) is 0 Å². The van der Waals surface area contributed by atoms with E-state index in [1.54, 1.807) is 0 Å². The molecule has 0 radical (unpaired) electrons. The molecule has 0 aliphatic carbocycles. The van der Waals surface area contributed by atoms with Gasteiger partial charge in [-0.25, -0.2) is 0 Å². The molecule has 1 aromatic carbocycles. The maximum absolute atomic E-state index is 5.89. The quantitative estimate of drug-likeness (QED) is 0.878. The summed E-state index contributed by atoms with van der Waals surface area (Å²) in [5.74, 6) is 0. The Morgan fingerprint density at radius 1 is 1.18 bits per heavy atom. The predicted molar refractivity (Wildman–Crippen MR) is 70.1 cm³/mol. The van der Waals surface area contributed by atoms with Crippen LogP contribution < -0.4 is 5.73 Å². The van der Waals surface area contributed by atoms with Gasteiger partial charge in [0.25, 0.3) is 0 Å². The fraction of sp³-hybridized carbons (Fsp3) is 0.357. The molecule has 0 spiro atoms. The third-order valence-electron chi connectivity index (χ3n) is 3.03. The van der Waals surface area contributed by atoms with E-state index in [0.717, 1.165) is 11.4 Å². The summed E-state index contributed by atoms with van der Waals surface area (Å²) in [6, 6.07) is 10.7. The highest BCUT2D eigenvalue weighted by molar-refractivity contribution is 5.26. The Bertz CT molecular complexity index is 497. The van der Waals surface area contributed by atoms with Crippen LogP contribution in [0.4, 0.5) is 0 Å². The Hall–Kier alpha value is -1.61. The number of rotatable bonds is 3. The molecule has 0 bridgehead atoms. The summed E-state index contributed by atoms with van der Waals surface area (Å²) in [5.41, 5.74) is 10.6. The van der Waals surface area contributed by atoms with Crippen LogP contribution in [-0.2, 0) is 0 Å². The van der Waals surface area contributed by atoms with Gasteiger partial charge in [-0.15, -0.1) is 0 Å². The van der Waals surface area contributed by atoms with Crippen molar-refractivity contribution in [3.05, 3.63) is 52.8 Å². The van der Waals surface area contributed by atoms with Gasteiger partial charge in [0.05, 0.1) is 11.7 Å². The molecule has 3 heteroatoms. The summed E-state index contributed by atoms with van der Waals surface area (Å²) in [7, 11) is 0. The SMILES string of the molecule is Cc1ccc(C(CN)n2nc(C)cc2C)cc1. The summed E-state index contributed by atoms with van der Waals surface area (Å²) in [6.07, 6.45) is 0. The molecule has 17 heavy (non-hydrogen) atoms. The van der Waals surface area contributed by atoms with E-state index in [1.807, 2.05) is 11.6 Å². The topological polar surface area (TPSA) is 43.8 Å². The van der Waals surface area contributed by atoms with E-state index in [1.165, 1.54) is 11.1 Å². The van der Waals surface area contributed by atoms with Crippen LogP contribution in [-0.4, -0.2) is 16.3 Å². The zero-order chi connectivity index (χ0) is 12.4. The summed E-state index contributed by atoms with van der Waals surface area (Å²) in [6.45, 7) is 6.72. The first kappa shape index (κ1) is 11.9. The van der Waals surface area contributed by atoms with Crippen molar-refractivity contribution in [2.45, 2.75) is 26.8 Å². The molecule has 1 aromatic heterocycles. The van der Waals surface area contributed by atoms with Crippen molar-refractivity contribution < 1.29 is 0 Å². The van der Waals surface area contributed by atoms with Crippen molar-refractivity contribution in [1.29, 1.82) is 0 Å². The lowest BCUT2D eigenvalue weighted by Gasteiger charge is -2.18. The molecule has 3 nitrogen and oxygen atoms in total. The van der Waals surface area contributed by atoms with Crippen LogP contribution in [0.3, 0.4) is 0 Å². The predicted octanol–water partition coefficient (Wildman–Crippen LogP) is 2.36. The van der Waals surface area contributed by atoms with E-state index < -0.39 is 0 Å². The van der Waals surface area contributed by atoms with Crippen LogP contribution >= 0.6 is 0 Å². The fourth-order valence-corrected chi connectivity index (χ4v) is 2.13. The number of aryl methyl sites for hydroxylation is 3. The highest BCUT2D eigenvalue weighted by Crippen LogP contribution is 2.19. The van der Waals surface area contributed by atoms with E-state index in [4.69, 9.17) is 5.73 Å². The fourth-order valence-electron chi connectivity index (χ4n) is 2.13. The Kier molecular flexibility index (Phi) is 3.29. The van der Waals surface area contributed by atoms with Gasteiger partial charge in [0.15, 0.2) is 0 Å². The Balaban J connectivity index is 2.39. The summed E-state index contributed by atoms with van der Waals surface area (Å²) in [4.78, 5) is 0. The van der Waals surface area contributed by atoms with Crippen molar-refractivity contribution in [1.82, 2.24) is 9.78 Å². The molecule has 0 aliphatic rings. The van der Waals surface area contributed by atoms with Crippen molar-refractivity contribution in [3.63, 3.8) is 0 Å². The van der Waals surface area contributed by atoms with Gasteiger partial charge in [-0.1, -0.05) is 29.8 Å². The molecule has 90 valence electrons. The molecule has 1 atom stereocenters. The average Bonchev–Trinajstić information content (AvgIpc) is 2.62. The van der Waals surface area contributed by atoms with Crippen LogP contribution in [0, 0.1) is 20.8 Å². The molecule has 2 N–H and O–H groups in total. The van der Waals surface area contributed by atoms with E-state index in [9.17, 15) is 0 Å². The van der Waals surface area contributed by atoms with Gasteiger partial charge in [0.1, 0.15) is 0 Å². The smallest absolute Gasteiger partial charge is 0.0893 e. The van der Waals surface area contributed by atoms with Gasteiger partial charge in [-0.3, -0.25) is 4.68 Å². The van der Waals surface area contributed by atoms with Crippen LogP contribution in [0.2, 0.25) is 0 Å². The van der Waals surface area contributed by atoms with E-state index in [0.29, 0.717) is 6.54 Å². The summed E-state index contributed by atoms with van der Waals surface area (Å²) < 4.78 is 2.01. The number of aromatic nitrogens is 2. The molecule has 0 amide bonds. The first-order chi connectivity index (χ1) is 8.11. The average molecular weight is 229 g/mol. The minimum absolute atomic E-state index is 0.129. The molecular formula is C14H19N3. The van der Waals surface area contributed by atoms with Crippen LogP contribution in [0.15, 0.2) is 30.3 Å². The van der Waals surface area contributed by atoms with Gasteiger partial charge < -0.3 is 5.73 Å². The van der Waals surface area contributed by atoms with Gasteiger partial charge in [0, 0.05) is 12.2 Å². The number of benzene rings is 1. The molecule has 0 fully saturated rings. The lowest BCUT2D eigenvalue weighted by Crippen LogP contribution is -2.22. The Labute approximate surface area is 102 Å². The van der Waals surface area contributed by atoms with Gasteiger partial charge in [-0.05, 0) is 32.4 Å². The minimum Gasteiger partial charge on any atom is -0.328 e. The third kappa shape index (κ3) is 2.39. The normalized spacial score (nSPS) is 12.7. The zero-order valence-electron chi connectivity index (χ0n) is 10.6. The van der Waals surface area contributed by atoms with Gasteiger partial charge in [-0.2, -0.15) is 5.10 Å². The molecule has 0 saturated heterocycles. The third-order valence-corrected chi connectivity index (χ3v) is 3.03. The summed E-state index contributed by atoms with van der Waals surface area (Å²) >= 11 is 0. The lowest BCUT2D eigenvalue weighted by atomic mass is 10.1. The standard InChI is InChI=1S/C14H19N3/c1-10-4-6-13(7-5-10)14(9-15)17-12(3)8-11(2)16-17/h4-8,14H,9,15H2,1-3H3. The van der Waals surface area contributed by atoms with Crippen molar-refractivity contribution in [2.24, 2.45) is 5.73 Å². The highest BCUT2D eigenvalue weighted by atomic mass is 15.3. The molecule has 1 unspecified atom stereocenters. The number of nitrogens with two attached hydrogens (primary N) is 1. The van der Waals surface area contributed by atoms with Crippen molar-refractivity contribution >= 4 is 0 Å². The summed E-state index contributed by atoms with van der Waals surface area (Å²) in [5, 5.41) is 4.52. The van der Waals surface area contributed by atoms with Gasteiger partial charge >= 0.3 is 0 Å². The van der Waals surface area contributed by atoms with Crippen LogP contribution in [0.5, 0.6) is 0 Å². The Morgan fingerprint density at radius 3 is 2.29 bits per heavy atom. The molecule has 0 saturated carbocycles. The highest BCUT2D eigenvalue weighted by Gasteiger charge is 2.14. The van der Waals surface area contributed by atoms with Crippen LogP contribution in [0.25, 0.3) is 0 Å². The second-order valence-electron chi connectivity index (χ2n) is 4.53. The van der Waals surface area contributed by atoms with Crippen molar-refractivity contribution in [2.75, 3.05) is 6.54 Å². The van der Waals surface area contributed by atoms with E-state index in [-0.39, 0.29) is 6.04 Å². The maximum Gasteiger partial charge on any atom is 0.0893 e. The molecule has 0 aliphatic heterocycles. The second kappa shape index (κ2) is 4.72. The Morgan fingerprint density at radius 2 is 1.82 bits per heavy atom. The zero-order valence-corrected chi connectivity index (χ0v) is 10.6. The van der Waals surface area contributed by atoms with E-state index >= 15 is 0 Å². The first-order valence-electron chi connectivity index (χ1n) is 5.91. The lowest BCUT2D eigenvalue weighted by molar-refractivity contribution is 0.516. The molecule has 2 aromatic rings. The first-order valence-corrected chi connectivity index (χ1v) is 5.91. The number of nitrogens with zero attached hydrogens (tertiary/aromatic N) is 2.